The average Bonchev–Trinajstić information content (AvgIpc) is 3.09. The van der Waals surface area contributed by atoms with E-state index in [0.717, 1.165) is 19.3 Å². The third-order valence-corrected chi connectivity index (χ3v) is 3.34. The van der Waals surface area contributed by atoms with Gasteiger partial charge >= 0.3 is 0 Å². The molecule has 6 heteroatoms. The van der Waals surface area contributed by atoms with Gasteiger partial charge in [-0.25, -0.2) is 5.43 Å². The van der Waals surface area contributed by atoms with Crippen molar-refractivity contribution in [1.29, 1.82) is 0 Å². The SMILES string of the molecule is CCCCCC(=O)Nc1ccc(C(=O)N/N=C\c2ccco2)cc1. The molecule has 0 aliphatic heterocycles. The van der Waals surface area contributed by atoms with Crippen molar-refractivity contribution in [2.75, 3.05) is 5.32 Å². The Labute approximate surface area is 140 Å². The van der Waals surface area contributed by atoms with Crippen molar-refractivity contribution in [2.24, 2.45) is 5.10 Å². The molecule has 0 aliphatic rings. The topological polar surface area (TPSA) is 83.7 Å². The smallest absolute Gasteiger partial charge is 0.271 e. The number of benzene rings is 1. The van der Waals surface area contributed by atoms with Gasteiger partial charge in [-0.15, -0.1) is 0 Å². The molecule has 6 nitrogen and oxygen atoms in total. The van der Waals surface area contributed by atoms with Crippen LogP contribution in [0.15, 0.2) is 52.2 Å². The fourth-order valence-electron chi connectivity index (χ4n) is 2.05. The fraction of sp³-hybridized carbons (Fsp3) is 0.278. The number of unbranched alkanes of at least 4 members (excludes halogenated alkanes) is 2. The van der Waals surface area contributed by atoms with Crippen LogP contribution in [0.3, 0.4) is 0 Å². The standard InChI is InChI=1S/C18H21N3O3/c1-2-3-4-7-17(22)20-15-10-8-14(9-11-15)18(23)21-19-13-16-6-5-12-24-16/h5-6,8-13H,2-4,7H2,1H3,(H,20,22)(H,21,23)/b19-13-. The molecule has 0 radical (unpaired) electrons. The van der Waals surface area contributed by atoms with Crippen LogP contribution in [-0.2, 0) is 4.79 Å². The summed E-state index contributed by atoms with van der Waals surface area (Å²) in [5, 5.41) is 6.63. The molecule has 0 saturated heterocycles. The van der Waals surface area contributed by atoms with Gasteiger partial charge in [0.2, 0.25) is 5.91 Å². The monoisotopic (exact) mass is 327 g/mol. The maximum atomic E-state index is 11.9. The van der Waals surface area contributed by atoms with Gasteiger partial charge in [-0.1, -0.05) is 19.8 Å². The lowest BCUT2D eigenvalue weighted by molar-refractivity contribution is -0.116. The molecule has 24 heavy (non-hydrogen) atoms. The van der Waals surface area contributed by atoms with Gasteiger partial charge in [0.05, 0.1) is 12.5 Å². The van der Waals surface area contributed by atoms with Crippen LogP contribution in [0.4, 0.5) is 5.69 Å². The maximum Gasteiger partial charge on any atom is 0.271 e. The van der Waals surface area contributed by atoms with Crippen LogP contribution in [0.25, 0.3) is 0 Å². The highest BCUT2D eigenvalue weighted by molar-refractivity contribution is 5.96. The average molecular weight is 327 g/mol. The summed E-state index contributed by atoms with van der Waals surface area (Å²) in [6, 6.07) is 10.1. The summed E-state index contributed by atoms with van der Waals surface area (Å²) in [5.74, 6) is 0.207. The van der Waals surface area contributed by atoms with Gasteiger partial charge in [-0.2, -0.15) is 5.10 Å². The summed E-state index contributed by atoms with van der Waals surface area (Å²) in [5.41, 5.74) is 3.54. The molecular weight excluding hydrogens is 306 g/mol. The molecule has 0 bridgehead atoms. The molecule has 126 valence electrons. The predicted octanol–water partition coefficient (Wildman–Crippen LogP) is 3.56. The van der Waals surface area contributed by atoms with Crippen molar-refractivity contribution < 1.29 is 14.0 Å². The van der Waals surface area contributed by atoms with E-state index in [1.807, 2.05) is 0 Å². The molecule has 0 spiro atoms. The molecule has 0 aliphatic carbocycles. The molecule has 2 rings (SSSR count). The van der Waals surface area contributed by atoms with Crippen LogP contribution in [0, 0.1) is 0 Å². The Morgan fingerprint density at radius 2 is 1.96 bits per heavy atom. The number of nitrogens with one attached hydrogen (secondary N) is 2. The van der Waals surface area contributed by atoms with E-state index >= 15 is 0 Å². The Hall–Kier alpha value is -2.89. The Morgan fingerprint density at radius 3 is 2.62 bits per heavy atom. The lowest BCUT2D eigenvalue weighted by atomic mass is 10.1. The summed E-state index contributed by atoms with van der Waals surface area (Å²) in [4.78, 5) is 23.7. The number of furan rings is 1. The van der Waals surface area contributed by atoms with Crippen molar-refractivity contribution in [3.63, 3.8) is 0 Å². The second-order valence-corrected chi connectivity index (χ2v) is 5.30. The van der Waals surface area contributed by atoms with Crippen LogP contribution in [0.5, 0.6) is 0 Å². The van der Waals surface area contributed by atoms with Crippen molar-refractivity contribution >= 4 is 23.7 Å². The Kier molecular flexibility index (Phi) is 6.76. The Balaban J connectivity index is 1.82. The van der Waals surface area contributed by atoms with E-state index < -0.39 is 0 Å². The first-order chi connectivity index (χ1) is 11.7. The Bertz CT molecular complexity index is 676. The lowest BCUT2D eigenvalue weighted by Gasteiger charge is -2.06. The van der Waals surface area contributed by atoms with Crippen molar-refractivity contribution in [3.8, 4) is 0 Å². The van der Waals surface area contributed by atoms with Crippen LogP contribution in [-0.4, -0.2) is 18.0 Å². The Morgan fingerprint density at radius 1 is 1.17 bits per heavy atom. The van der Waals surface area contributed by atoms with Gasteiger partial charge < -0.3 is 9.73 Å². The molecule has 0 unspecified atom stereocenters. The van der Waals surface area contributed by atoms with Gasteiger partial charge in [0.15, 0.2) is 0 Å². The second-order valence-electron chi connectivity index (χ2n) is 5.30. The number of amides is 2. The van der Waals surface area contributed by atoms with Gasteiger partial charge in [0, 0.05) is 17.7 Å². The number of carbonyl (C=O) groups is 2. The first-order valence-electron chi connectivity index (χ1n) is 7.96. The number of rotatable bonds is 8. The van der Waals surface area contributed by atoms with E-state index in [-0.39, 0.29) is 11.8 Å². The summed E-state index contributed by atoms with van der Waals surface area (Å²) in [6.45, 7) is 2.10. The summed E-state index contributed by atoms with van der Waals surface area (Å²) < 4.78 is 5.07. The summed E-state index contributed by atoms with van der Waals surface area (Å²) in [6.07, 6.45) is 6.47. The first-order valence-corrected chi connectivity index (χ1v) is 7.96. The number of nitrogens with zero attached hydrogens (tertiary/aromatic N) is 1. The molecule has 2 amide bonds. The first kappa shape index (κ1) is 17.5. The minimum absolute atomic E-state index is 0.0105. The molecule has 0 fully saturated rings. The van der Waals surface area contributed by atoms with Crippen LogP contribution >= 0.6 is 0 Å². The predicted molar refractivity (Wildman–Crippen MR) is 93.0 cm³/mol. The molecule has 1 heterocycles. The van der Waals surface area contributed by atoms with E-state index in [0.29, 0.717) is 23.4 Å². The molecule has 0 atom stereocenters. The molecule has 1 aromatic carbocycles. The fourth-order valence-corrected chi connectivity index (χ4v) is 2.05. The van der Waals surface area contributed by atoms with E-state index in [1.54, 1.807) is 36.4 Å². The van der Waals surface area contributed by atoms with Gasteiger partial charge in [0.25, 0.3) is 5.91 Å². The van der Waals surface area contributed by atoms with Gasteiger partial charge in [-0.05, 0) is 42.8 Å². The summed E-state index contributed by atoms with van der Waals surface area (Å²) in [7, 11) is 0. The second kappa shape index (κ2) is 9.29. The van der Waals surface area contributed by atoms with E-state index in [2.05, 4.69) is 22.8 Å². The van der Waals surface area contributed by atoms with Gasteiger partial charge in [0.1, 0.15) is 5.76 Å². The zero-order valence-corrected chi connectivity index (χ0v) is 13.6. The molecule has 2 N–H and O–H groups in total. The van der Waals surface area contributed by atoms with E-state index in [9.17, 15) is 9.59 Å². The number of hydrazone groups is 1. The molecular formula is C18H21N3O3. The molecule has 1 aromatic heterocycles. The number of carbonyl (C=O) groups excluding carboxylic acids is 2. The lowest BCUT2D eigenvalue weighted by Crippen LogP contribution is -2.17. The molecule has 2 aromatic rings. The van der Waals surface area contributed by atoms with E-state index in [1.165, 1.54) is 12.5 Å². The highest BCUT2D eigenvalue weighted by Crippen LogP contribution is 2.11. The minimum atomic E-state index is -0.335. The van der Waals surface area contributed by atoms with Crippen LogP contribution in [0.2, 0.25) is 0 Å². The maximum absolute atomic E-state index is 11.9. The number of anilines is 1. The minimum Gasteiger partial charge on any atom is -0.463 e. The van der Waals surface area contributed by atoms with Crippen LogP contribution < -0.4 is 10.7 Å². The summed E-state index contributed by atoms with van der Waals surface area (Å²) >= 11 is 0. The zero-order chi connectivity index (χ0) is 17.2. The van der Waals surface area contributed by atoms with Crippen molar-refractivity contribution in [3.05, 3.63) is 54.0 Å². The number of hydrogen-bond acceptors (Lipinski definition) is 4. The third-order valence-electron chi connectivity index (χ3n) is 3.34. The highest BCUT2D eigenvalue weighted by Gasteiger charge is 2.06. The van der Waals surface area contributed by atoms with Crippen molar-refractivity contribution in [1.82, 2.24) is 5.43 Å². The highest BCUT2D eigenvalue weighted by atomic mass is 16.3. The van der Waals surface area contributed by atoms with E-state index in [4.69, 9.17) is 4.42 Å². The van der Waals surface area contributed by atoms with Gasteiger partial charge in [-0.3, -0.25) is 9.59 Å². The molecule has 0 saturated carbocycles. The third kappa shape index (κ3) is 5.72. The number of hydrogen-bond donors (Lipinski definition) is 2. The normalized spacial score (nSPS) is 10.7. The largest absolute Gasteiger partial charge is 0.463 e. The zero-order valence-electron chi connectivity index (χ0n) is 13.6. The van der Waals surface area contributed by atoms with Crippen molar-refractivity contribution in [2.45, 2.75) is 32.6 Å². The quantitative estimate of drug-likeness (QED) is 0.442. The van der Waals surface area contributed by atoms with Crippen LogP contribution in [0.1, 0.15) is 48.7 Å².